The number of aliphatic hydroxyl groups is 2. The summed E-state index contributed by atoms with van der Waals surface area (Å²) in [6.07, 6.45) is 9.89. The number of fused-ring (bicyclic) bond motifs is 7. The summed E-state index contributed by atoms with van der Waals surface area (Å²) in [5, 5.41) is 24.8. The van der Waals surface area contributed by atoms with E-state index in [1.807, 2.05) is 0 Å². The van der Waals surface area contributed by atoms with E-state index in [9.17, 15) is 10.2 Å². The average molecular weight is 432 g/mol. The van der Waals surface area contributed by atoms with Crippen LogP contribution < -0.4 is 5.32 Å². The lowest BCUT2D eigenvalue weighted by Crippen LogP contribution is -2.58. The Morgan fingerprint density at radius 3 is 2.42 bits per heavy atom. The van der Waals surface area contributed by atoms with E-state index >= 15 is 0 Å². The molecule has 31 heavy (non-hydrogen) atoms. The predicted octanol–water partition coefficient (Wildman–Crippen LogP) is 4.34. The second kappa shape index (κ2) is 6.93. The summed E-state index contributed by atoms with van der Waals surface area (Å²) in [6.45, 7) is 11.0. The van der Waals surface area contributed by atoms with Crippen LogP contribution in [0.15, 0.2) is 0 Å². The highest BCUT2D eigenvalue weighted by Crippen LogP contribution is 2.71. The molecule has 3 N–H and O–H groups in total. The van der Waals surface area contributed by atoms with Gasteiger partial charge in [-0.3, -0.25) is 5.32 Å². The summed E-state index contributed by atoms with van der Waals surface area (Å²) in [7, 11) is 0. The van der Waals surface area contributed by atoms with Gasteiger partial charge in [-0.25, -0.2) is 0 Å². The SMILES string of the molecule is C[C@@H]1CC[C@@]2(NC1)O[C@H]1C[C@@H]3[C@@H]4CC[C@H]5C[C@@H](O)[C@H](O)C[C@]5(C)[C@H]4CC[C@]3(C)[C@H]1[C@@H]2C. The van der Waals surface area contributed by atoms with Crippen LogP contribution >= 0.6 is 0 Å². The number of nitrogens with one attached hydrogen (secondary N) is 1. The standard InChI is InChI=1S/C27H45NO3/c1-15-7-10-27(28-14-15)16(2)24-23(31-27)12-20-18-6-5-17-11-21(29)22(30)13-26(17,4)19(18)8-9-25(20,24)3/h15-24,28-30H,5-14H2,1-4H3/t15-,16+,17+,18-,19+,20-,21-,22-,23+,24+,25+,26+,27-/m1/s1. The zero-order valence-electron chi connectivity index (χ0n) is 20.1. The van der Waals surface area contributed by atoms with Gasteiger partial charge >= 0.3 is 0 Å². The van der Waals surface area contributed by atoms with Gasteiger partial charge < -0.3 is 14.9 Å². The molecule has 0 bridgehead atoms. The van der Waals surface area contributed by atoms with Gasteiger partial charge in [-0.1, -0.05) is 27.7 Å². The first kappa shape index (κ1) is 21.4. The van der Waals surface area contributed by atoms with Crippen molar-refractivity contribution < 1.29 is 14.9 Å². The van der Waals surface area contributed by atoms with Crippen molar-refractivity contribution in [3.8, 4) is 0 Å². The Balaban J connectivity index is 1.26. The summed E-state index contributed by atoms with van der Waals surface area (Å²) in [6, 6.07) is 0. The zero-order chi connectivity index (χ0) is 21.8. The van der Waals surface area contributed by atoms with Crippen LogP contribution in [0, 0.1) is 52.3 Å². The van der Waals surface area contributed by atoms with Gasteiger partial charge in [0.1, 0.15) is 5.72 Å². The summed E-state index contributed by atoms with van der Waals surface area (Å²) >= 11 is 0. The molecule has 2 aliphatic heterocycles. The van der Waals surface area contributed by atoms with Crippen molar-refractivity contribution in [3.05, 3.63) is 0 Å². The highest BCUT2D eigenvalue weighted by Gasteiger charge is 2.68. The maximum atomic E-state index is 10.6. The quantitative estimate of drug-likeness (QED) is 0.534. The van der Waals surface area contributed by atoms with E-state index in [0.717, 1.165) is 37.1 Å². The van der Waals surface area contributed by atoms with Gasteiger partial charge in [-0.15, -0.1) is 0 Å². The van der Waals surface area contributed by atoms with Gasteiger partial charge in [0.25, 0.3) is 0 Å². The lowest BCUT2D eigenvalue weighted by Gasteiger charge is -2.61. The number of piperidine rings is 1. The molecule has 0 amide bonds. The molecule has 0 aromatic rings. The van der Waals surface area contributed by atoms with E-state index < -0.39 is 12.2 Å². The Bertz CT molecular complexity index is 719. The Labute approximate surface area is 188 Å². The molecule has 6 fully saturated rings. The first-order chi connectivity index (χ1) is 14.7. The summed E-state index contributed by atoms with van der Waals surface area (Å²) in [5.41, 5.74) is 0.533. The van der Waals surface area contributed by atoms with Crippen molar-refractivity contribution in [2.45, 2.75) is 110 Å². The molecule has 0 aromatic carbocycles. The number of aliphatic hydroxyl groups excluding tert-OH is 2. The lowest BCUT2D eigenvalue weighted by atomic mass is 9.44. The fourth-order valence-corrected chi connectivity index (χ4v) is 10.5. The molecule has 4 heteroatoms. The fraction of sp³-hybridized carbons (Fsp3) is 1.00. The molecule has 0 aromatic heterocycles. The number of rotatable bonds is 0. The number of hydrogen-bond donors (Lipinski definition) is 3. The van der Waals surface area contributed by atoms with Crippen LogP contribution in [0.3, 0.4) is 0 Å². The monoisotopic (exact) mass is 431 g/mol. The van der Waals surface area contributed by atoms with Gasteiger partial charge in [0, 0.05) is 12.5 Å². The Hall–Kier alpha value is -0.160. The van der Waals surface area contributed by atoms with Crippen molar-refractivity contribution in [1.82, 2.24) is 5.32 Å². The van der Waals surface area contributed by atoms with Gasteiger partial charge in [0.2, 0.25) is 0 Å². The van der Waals surface area contributed by atoms with Crippen molar-refractivity contribution >= 4 is 0 Å². The topological polar surface area (TPSA) is 61.7 Å². The van der Waals surface area contributed by atoms with E-state index in [4.69, 9.17) is 4.74 Å². The first-order valence-electron chi connectivity index (χ1n) is 13.5. The van der Waals surface area contributed by atoms with E-state index in [-0.39, 0.29) is 11.1 Å². The van der Waals surface area contributed by atoms with Crippen LogP contribution in [-0.4, -0.2) is 40.8 Å². The summed E-state index contributed by atoms with van der Waals surface area (Å²) < 4.78 is 6.99. The van der Waals surface area contributed by atoms with E-state index in [2.05, 4.69) is 33.0 Å². The predicted molar refractivity (Wildman–Crippen MR) is 121 cm³/mol. The molecule has 13 atom stereocenters. The van der Waals surface area contributed by atoms with Crippen molar-refractivity contribution in [2.24, 2.45) is 52.3 Å². The molecular weight excluding hydrogens is 386 g/mol. The molecule has 4 aliphatic carbocycles. The minimum Gasteiger partial charge on any atom is -0.390 e. The number of hydrogen-bond acceptors (Lipinski definition) is 4. The van der Waals surface area contributed by atoms with Crippen LogP contribution in [0.5, 0.6) is 0 Å². The summed E-state index contributed by atoms with van der Waals surface area (Å²) in [4.78, 5) is 0. The van der Waals surface area contributed by atoms with Gasteiger partial charge in [-0.05, 0) is 104 Å². The molecule has 6 rings (SSSR count). The lowest BCUT2D eigenvalue weighted by molar-refractivity contribution is -0.164. The molecule has 2 saturated heterocycles. The Morgan fingerprint density at radius 1 is 0.871 bits per heavy atom. The van der Waals surface area contributed by atoms with E-state index in [1.165, 1.54) is 44.9 Å². The molecule has 4 saturated carbocycles. The maximum Gasteiger partial charge on any atom is 0.122 e. The van der Waals surface area contributed by atoms with Gasteiger partial charge in [0.05, 0.1) is 18.3 Å². The minimum atomic E-state index is -0.528. The Morgan fingerprint density at radius 2 is 1.68 bits per heavy atom. The molecule has 6 aliphatic rings. The zero-order valence-corrected chi connectivity index (χ0v) is 20.1. The average Bonchev–Trinajstić information content (AvgIpc) is 3.16. The minimum absolute atomic E-state index is 0.0695. The largest absolute Gasteiger partial charge is 0.390 e. The molecule has 0 radical (unpaired) electrons. The van der Waals surface area contributed by atoms with E-state index in [1.54, 1.807) is 0 Å². The van der Waals surface area contributed by atoms with Crippen molar-refractivity contribution in [1.29, 1.82) is 0 Å². The fourth-order valence-electron chi connectivity index (χ4n) is 10.5. The van der Waals surface area contributed by atoms with E-state index in [0.29, 0.717) is 35.2 Å². The molecular formula is C27H45NO3. The molecule has 1 spiro atoms. The first-order valence-corrected chi connectivity index (χ1v) is 13.5. The van der Waals surface area contributed by atoms with Crippen molar-refractivity contribution in [3.63, 3.8) is 0 Å². The van der Waals surface area contributed by atoms with Crippen LogP contribution in [-0.2, 0) is 4.74 Å². The highest BCUT2D eigenvalue weighted by molar-refractivity contribution is 5.16. The highest BCUT2D eigenvalue weighted by atomic mass is 16.5. The number of ether oxygens (including phenoxy) is 1. The normalized spacial score (nSPS) is 63.3. The molecule has 0 unspecified atom stereocenters. The Kier molecular flexibility index (Phi) is 4.78. The second-order valence-corrected chi connectivity index (χ2v) is 13.4. The molecule has 176 valence electrons. The molecule has 4 nitrogen and oxygen atoms in total. The van der Waals surface area contributed by atoms with Crippen LogP contribution in [0.2, 0.25) is 0 Å². The van der Waals surface area contributed by atoms with Crippen LogP contribution in [0.25, 0.3) is 0 Å². The smallest absolute Gasteiger partial charge is 0.122 e. The van der Waals surface area contributed by atoms with Crippen LogP contribution in [0.4, 0.5) is 0 Å². The third kappa shape index (κ3) is 2.80. The van der Waals surface area contributed by atoms with Gasteiger partial charge in [-0.2, -0.15) is 0 Å². The summed E-state index contributed by atoms with van der Waals surface area (Å²) in [5.74, 6) is 4.89. The third-order valence-electron chi connectivity index (χ3n) is 12.2. The molecule has 2 heterocycles. The van der Waals surface area contributed by atoms with Crippen molar-refractivity contribution in [2.75, 3.05) is 6.54 Å². The van der Waals surface area contributed by atoms with Crippen LogP contribution in [0.1, 0.15) is 85.5 Å². The maximum absolute atomic E-state index is 10.6. The van der Waals surface area contributed by atoms with Gasteiger partial charge in [0.15, 0.2) is 0 Å². The third-order valence-corrected chi connectivity index (χ3v) is 12.2. The second-order valence-electron chi connectivity index (χ2n) is 13.4.